The number of rotatable bonds is 3. The first kappa shape index (κ1) is 16.8. The van der Waals surface area contributed by atoms with Gasteiger partial charge in [-0.1, -0.05) is 0 Å². The van der Waals surface area contributed by atoms with Crippen molar-refractivity contribution in [2.75, 3.05) is 31.1 Å². The Labute approximate surface area is 161 Å². The number of aromatic nitrogens is 4. The van der Waals surface area contributed by atoms with E-state index in [1.165, 1.54) is 12.1 Å². The number of hydrogen-bond donors (Lipinski definition) is 1. The van der Waals surface area contributed by atoms with Crippen molar-refractivity contribution >= 4 is 11.5 Å². The van der Waals surface area contributed by atoms with Gasteiger partial charge in [-0.15, -0.1) is 0 Å². The van der Waals surface area contributed by atoms with Crippen molar-refractivity contribution in [3.05, 3.63) is 66.9 Å². The van der Waals surface area contributed by atoms with E-state index < -0.39 is 0 Å². The molecule has 0 spiro atoms. The van der Waals surface area contributed by atoms with Crippen LogP contribution in [0.3, 0.4) is 0 Å². The zero-order valence-corrected chi connectivity index (χ0v) is 15.2. The second-order valence-corrected chi connectivity index (χ2v) is 6.76. The van der Waals surface area contributed by atoms with Gasteiger partial charge in [-0.25, -0.2) is 13.9 Å². The van der Waals surface area contributed by atoms with Gasteiger partial charge in [0.15, 0.2) is 5.65 Å². The predicted octanol–water partition coefficient (Wildman–Crippen LogP) is 3.01. The number of nitrogens with one attached hydrogen (secondary N) is 1. The van der Waals surface area contributed by atoms with Gasteiger partial charge in [0.05, 0.1) is 5.56 Å². The predicted molar refractivity (Wildman–Crippen MR) is 107 cm³/mol. The van der Waals surface area contributed by atoms with Gasteiger partial charge in [0, 0.05) is 50.3 Å². The van der Waals surface area contributed by atoms with Crippen LogP contribution in [0.1, 0.15) is 0 Å². The molecule has 7 heteroatoms. The molecule has 1 N–H and O–H groups in total. The van der Waals surface area contributed by atoms with Gasteiger partial charge in [0.2, 0.25) is 0 Å². The molecule has 28 heavy (non-hydrogen) atoms. The van der Waals surface area contributed by atoms with Crippen LogP contribution in [-0.4, -0.2) is 45.8 Å². The smallest absolute Gasteiger partial charge is 0.165 e. The molecule has 0 atom stereocenters. The van der Waals surface area contributed by atoms with Gasteiger partial charge in [0.25, 0.3) is 0 Å². The van der Waals surface area contributed by atoms with Crippen molar-refractivity contribution < 1.29 is 4.39 Å². The fourth-order valence-electron chi connectivity index (χ4n) is 3.58. The van der Waals surface area contributed by atoms with Crippen LogP contribution in [0.25, 0.3) is 28.0 Å². The van der Waals surface area contributed by atoms with Crippen molar-refractivity contribution in [2.24, 2.45) is 0 Å². The number of benzene rings is 1. The maximum Gasteiger partial charge on any atom is 0.165 e. The molecule has 0 unspecified atom stereocenters. The lowest BCUT2D eigenvalue weighted by Crippen LogP contribution is -2.43. The number of piperazine rings is 1. The van der Waals surface area contributed by atoms with Crippen LogP contribution in [-0.2, 0) is 0 Å². The highest BCUT2D eigenvalue weighted by Crippen LogP contribution is 2.34. The first-order valence-corrected chi connectivity index (χ1v) is 9.31. The lowest BCUT2D eigenvalue weighted by atomic mass is 10.0. The van der Waals surface area contributed by atoms with Crippen molar-refractivity contribution in [1.29, 1.82) is 0 Å². The molecule has 0 radical (unpaired) electrons. The lowest BCUT2D eigenvalue weighted by molar-refractivity contribution is 0.585. The number of nitrogens with zero attached hydrogens (tertiary/aromatic N) is 5. The van der Waals surface area contributed by atoms with E-state index in [0.29, 0.717) is 0 Å². The van der Waals surface area contributed by atoms with Gasteiger partial charge < -0.3 is 10.2 Å². The maximum atomic E-state index is 13.4. The summed E-state index contributed by atoms with van der Waals surface area (Å²) in [6, 6.07) is 12.3. The standard InChI is InChI=1S/C21H19FN6/c22-17-3-1-16(2-4-17)20-19(15-5-8-23-9-6-15)21-25-18(7-12-28(21)26-20)27-13-10-24-11-14-27/h1-9,12,24H,10-11,13-14H2. The monoisotopic (exact) mass is 374 g/mol. The minimum Gasteiger partial charge on any atom is -0.354 e. The molecular formula is C21H19FN6. The molecule has 1 aliphatic heterocycles. The fraction of sp³-hybridized carbons (Fsp3) is 0.190. The molecule has 0 bridgehead atoms. The topological polar surface area (TPSA) is 58.4 Å². The molecule has 1 saturated heterocycles. The molecule has 1 aliphatic rings. The quantitative estimate of drug-likeness (QED) is 0.597. The molecule has 3 aromatic heterocycles. The summed E-state index contributed by atoms with van der Waals surface area (Å²) in [5.74, 6) is 0.673. The molecule has 0 aliphatic carbocycles. The Morgan fingerprint density at radius 1 is 0.893 bits per heavy atom. The second kappa shape index (κ2) is 7.01. The number of hydrogen-bond acceptors (Lipinski definition) is 5. The van der Waals surface area contributed by atoms with Crippen LogP contribution < -0.4 is 10.2 Å². The fourth-order valence-corrected chi connectivity index (χ4v) is 3.58. The second-order valence-electron chi connectivity index (χ2n) is 6.76. The third-order valence-electron chi connectivity index (χ3n) is 5.00. The molecule has 1 fully saturated rings. The minimum atomic E-state index is -0.267. The van der Waals surface area contributed by atoms with E-state index in [-0.39, 0.29) is 5.82 Å². The molecule has 0 saturated carbocycles. The van der Waals surface area contributed by atoms with Crippen molar-refractivity contribution in [2.45, 2.75) is 0 Å². The van der Waals surface area contributed by atoms with E-state index in [1.54, 1.807) is 29.0 Å². The summed E-state index contributed by atoms with van der Waals surface area (Å²) >= 11 is 0. The van der Waals surface area contributed by atoms with E-state index >= 15 is 0 Å². The van der Waals surface area contributed by atoms with Crippen LogP contribution >= 0.6 is 0 Å². The summed E-state index contributed by atoms with van der Waals surface area (Å²) in [6.45, 7) is 3.74. The summed E-state index contributed by atoms with van der Waals surface area (Å²) in [6.07, 6.45) is 5.46. The molecule has 1 aromatic carbocycles. The maximum absolute atomic E-state index is 13.4. The summed E-state index contributed by atoms with van der Waals surface area (Å²) in [4.78, 5) is 11.3. The van der Waals surface area contributed by atoms with Gasteiger partial charge in [-0.2, -0.15) is 5.10 Å². The molecule has 4 aromatic rings. The van der Waals surface area contributed by atoms with E-state index in [2.05, 4.69) is 15.2 Å². The zero-order valence-electron chi connectivity index (χ0n) is 15.2. The molecule has 6 nitrogen and oxygen atoms in total. The summed E-state index contributed by atoms with van der Waals surface area (Å²) < 4.78 is 15.2. The summed E-state index contributed by atoms with van der Waals surface area (Å²) in [5.41, 5.74) is 4.31. The van der Waals surface area contributed by atoms with E-state index in [1.807, 2.05) is 24.4 Å². The van der Waals surface area contributed by atoms with Crippen molar-refractivity contribution in [3.63, 3.8) is 0 Å². The van der Waals surface area contributed by atoms with Crippen LogP contribution in [0.15, 0.2) is 61.1 Å². The van der Waals surface area contributed by atoms with Gasteiger partial charge in [-0.05, 0) is 48.0 Å². The van der Waals surface area contributed by atoms with Gasteiger partial charge >= 0.3 is 0 Å². The van der Waals surface area contributed by atoms with E-state index in [0.717, 1.165) is 60.0 Å². The first-order chi connectivity index (χ1) is 13.8. The minimum absolute atomic E-state index is 0.267. The Morgan fingerprint density at radius 3 is 2.39 bits per heavy atom. The van der Waals surface area contributed by atoms with Crippen molar-refractivity contribution in [3.8, 4) is 22.4 Å². The average molecular weight is 374 g/mol. The first-order valence-electron chi connectivity index (χ1n) is 9.31. The number of anilines is 1. The normalized spacial score (nSPS) is 14.5. The number of halogens is 1. The van der Waals surface area contributed by atoms with Crippen LogP contribution in [0.5, 0.6) is 0 Å². The highest BCUT2D eigenvalue weighted by atomic mass is 19.1. The summed E-state index contributed by atoms with van der Waals surface area (Å²) in [5, 5.41) is 8.12. The Morgan fingerprint density at radius 2 is 1.64 bits per heavy atom. The average Bonchev–Trinajstić information content (AvgIpc) is 3.14. The molecule has 5 rings (SSSR count). The number of fused-ring (bicyclic) bond motifs is 1. The van der Waals surface area contributed by atoms with Crippen LogP contribution in [0, 0.1) is 5.82 Å². The Kier molecular flexibility index (Phi) is 4.21. The van der Waals surface area contributed by atoms with E-state index in [4.69, 9.17) is 10.1 Å². The molecule has 140 valence electrons. The molecule has 0 amide bonds. The highest BCUT2D eigenvalue weighted by molar-refractivity contribution is 5.90. The Balaban J connectivity index is 1.71. The van der Waals surface area contributed by atoms with Gasteiger partial charge in [-0.3, -0.25) is 4.98 Å². The SMILES string of the molecule is Fc1ccc(-c2nn3ccc(N4CCNCC4)nc3c2-c2ccncc2)cc1. The molecule has 4 heterocycles. The zero-order chi connectivity index (χ0) is 18.9. The van der Waals surface area contributed by atoms with Crippen LogP contribution in [0.2, 0.25) is 0 Å². The van der Waals surface area contributed by atoms with Gasteiger partial charge in [0.1, 0.15) is 17.3 Å². The van der Waals surface area contributed by atoms with Crippen LogP contribution in [0.4, 0.5) is 10.2 Å². The summed E-state index contributed by atoms with van der Waals surface area (Å²) in [7, 11) is 0. The largest absolute Gasteiger partial charge is 0.354 e. The van der Waals surface area contributed by atoms with E-state index in [9.17, 15) is 4.39 Å². The lowest BCUT2D eigenvalue weighted by Gasteiger charge is -2.28. The third kappa shape index (κ3) is 2.99. The Hall–Kier alpha value is -3.32. The van der Waals surface area contributed by atoms with Crippen molar-refractivity contribution in [1.82, 2.24) is 24.9 Å². The Bertz CT molecular complexity index is 1100. The highest BCUT2D eigenvalue weighted by Gasteiger charge is 2.20. The third-order valence-corrected chi connectivity index (χ3v) is 5.00. The molecular weight excluding hydrogens is 355 g/mol. The number of pyridine rings is 1.